The number of primary amides is 1. The number of nitrogens with zero attached hydrogens (tertiary/aromatic N) is 6. The smallest absolute Gasteiger partial charge is 0.308 e. The summed E-state index contributed by atoms with van der Waals surface area (Å²) in [5.41, 5.74) is 4.62. The number of allylic oxidation sites excluding steroid dienone is 1. The van der Waals surface area contributed by atoms with Crippen molar-refractivity contribution in [3.63, 3.8) is 0 Å². The zero-order valence-corrected chi connectivity index (χ0v) is 69.5. The second-order valence-electron chi connectivity index (χ2n) is 27.7. The van der Waals surface area contributed by atoms with Gasteiger partial charge in [-0.25, -0.2) is 29.9 Å². The average Bonchev–Trinajstić information content (AvgIpc) is 1.53. The van der Waals surface area contributed by atoms with Gasteiger partial charge in [-0.2, -0.15) is 0 Å². The van der Waals surface area contributed by atoms with Crippen LogP contribution in [0.3, 0.4) is 0 Å². The maximum absolute atomic E-state index is 16.0. The highest BCUT2D eigenvalue weighted by molar-refractivity contribution is 8.14. The van der Waals surface area contributed by atoms with Crippen LogP contribution in [0.2, 0.25) is 0 Å². The van der Waals surface area contributed by atoms with Gasteiger partial charge in [-0.1, -0.05) is 41.8 Å². The zero-order valence-electron chi connectivity index (χ0n) is 64.6. The first-order chi connectivity index (χ1) is 56.5. The molecule has 7 aromatic heterocycles. The van der Waals surface area contributed by atoms with Crippen LogP contribution in [0.4, 0.5) is 0 Å². The molecule has 0 saturated carbocycles. The first-order valence-electron chi connectivity index (χ1n) is 36.5. The van der Waals surface area contributed by atoms with Gasteiger partial charge in [0.2, 0.25) is 22.4 Å². The fraction of sp³-hybridized carbons (Fsp3) is 0.459. The Hall–Kier alpha value is -9.27. The number of thiazole rings is 5. The molecule has 18 unspecified atom stereocenters. The summed E-state index contributed by atoms with van der Waals surface area (Å²) < 4.78 is 73.5. The Bertz CT molecular complexity index is 5160. The normalized spacial score (nSPS) is 27.6. The van der Waals surface area contributed by atoms with Gasteiger partial charge < -0.3 is 120 Å². The van der Waals surface area contributed by atoms with Crippen molar-refractivity contribution in [2.45, 2.75) is 177 Å². The molecule has 13 N–H and O–H groups in total. The number of nitrogens with one attached hydrogen (secondary N) is 6. The minimum Gasteiger partial charge on any atom is -0.506 e. The second-order valence-corrected chi connectivity index (χ2v) is 33.2. The molecule has 8 aromatic rings. The van der Waals surface area contributed by atoms with Crippen LogP contribution < -0.4 is 37.1 Å². The van der Waals surface area contributed by atoms with E-state index in [9.17, 15) is 49.5 Å². The molecule has 44 heteroatoms. The van der Waals surface area contributed by atoms with E-state index < -0.39 is 187 Å². The summed E-state index contributed by atoms with van der Waals surface area (Å²) in [5, 5.41) is 75.7. The minimum absolute atomic E-state index is 0.0286. The van der Waals surface area contributed by atoms with Crippen LogP contribution in [-0.4, -0.2) is 246 Å². The van der Waals surface area contributed by atoms with E-state index in [0.717, 1.165) is 57.1 Å². The zero-order chi connectivity index (χ0) is 84.4. The third-order valence-electron chi connectivity index (χ3n) is 19.9. The highest BCUT2D eigenvalue weighted by Gasteiger charge is 2.51. The number of aliphatic hydroxyl groups is 4. The number of carbonyl (C=O) groups is 8. The van der Waals surface area contributed by atoms with Gasteiger partial charge in [0.1, 0.15) is 132 Å². The van der Waals surface area contributed by atoms with E-state index in [-0.39, 0.29) is 106 Å². The lowest BCUT2D eigenvalue weighted by Crippen LogP contribution is -2.61. The van der Waals surface area contributed by atoms with E-state index in [1.807, 2.05) is 0 Å². The number of nitrogens with two attached hydrogens (primary N) is 1. The Morgan fingerprint density at radius 1 is 0.729 bits per heavy atom. The third-order valence-corrected chi connectivity index (χ3v) is 25.4. The maximum Gasteiger partial charge on any atom is 0.308 e. The number of aromatic nitrogens is 7. The van der Waals surface area contributed by atoms with E-state index in [1.54, 1.807) is 44.4 Å². The van der Waals surface area contributed by atoms with Gasteiger partial charge >= 0.3 is 5.97 Å². The molecule has 12 heterocycles. The van der Waals surface area contributed by atoms with E-state index in [4.69, 9.17) is 77.5 Å². The van der Waals surface area contributed by atoms with Crippen LogP contribution in [0.5, 0.6) is 10.8 Å². The molecule has 13 rings (SSSR count). The number of ether oxygens (including phenoxy) is 12. The number of pyridine rings is 1. The molecule has 118 heavy (non-hydrogen) atoms. The first-order valence-corrected chi connectivity index (χ1v) is 41.9. The molecule has 5 aliphatic heterocycles. The maximum atomic E-state index is 16.0. The van der Waals surface area contributed by atoms with Gasteiger partial charge in [0, 0.05) is 84.2 Å². The Morgan fingerprint density at radius 2 is 1.43 bits per heavy atom. The van der Waals surface area contributed by atoms with Crippen molar-refractivity contribution in [1.29, 1.82) is 0 Å². The molecule has 0 aliphatic carbocycles. The standard InChI is InChI=1S/C74H83N13O25S6/c1-26(60(75)94)76-61(95)37-23-116-69(82-37)51-41(89)17-33-49(83-51)36-21-114-67(79-36)40-25-117-71(100)50-34(20-101-7)46-32(13-12-14-35(46)77-50)19-106-44(91)18-42(90)52(86-63(97)39-24-115-68(81-39)48(29(4)102-8)85-64(98)47(27(2)88)84-62(96)38-22-113-66(33)80-38)70-87-53(65(99)78-40)74(118-70)112-73-59(105-11)58(104-10)56(31(6)109-73)111-45-16-15-43(28(3)107-45)110-72-55(93)57(103-9)54(92)30(5)108-72/h12-14,17,21-24,27-28,30-31,40,42-43,45,47,52,54-59,72-73,77,88-90,92-93H,1,15-16,18-20,25H2,2-11H3,(H2,75,94)(H,76,95)(H,78,99)(H,84,96)(H,85,98)(H,86,97). The number of methoxy groups -OCH3 is 5. The number of aromatic hydroxyl groups is 1. The number of benzene rings is 1. The third kappa shape index (κ3) is 18.4. The average molecular weight is 1750 g/mol. The van der Waals surface area contributed by atoms with E-state index in [0.29, 0.717) is 39.8 Å². The molecule has 630 valence electrons. The van der Waals surface area contributed by atoms with Crippen molar-refractivity contribution in [3.05, 3.63) is 118 Å². The number of hydrogen-bond acceptors (Lipinski definition) is 37. The molecule has 5 aliphatic rings. The van der Waals surface area contributed by atoms with Gasteiger partial charge in [-0.05, 0) is 58.7 Å². The largest absolute Gasteiger partial charge is 0.506 e. The number of thioether (sulfide) groups is 1. The lowest BCUT2D eigenvalue weighted by Gasteiger charge is -2.46. The molecule has 0 radical (unpaired) electrons. The molecular weight excluding hydrogens is 1660 g/mol. The van der Waals surface area contributed by atoms with Crippen LogP contribution in [0.25, 0.3) is 49.3 Å². The monoisotopic (exact) mass is 1750 g/mol. The minimum atomic E-state index is -1.96. The van der Waals surface area contributed by atoms with Gasteiger partial charge in [0.15, 0.2) is 18.3 Å². The molecule has 18 atom stereocenters. The molecule has 38 nitrogen and oxygen atoms in total. The van der Waals surface area contributed by atoms with Crippen molar-refractivity contribution in [3.8, 4) is 43.5 Å². The van der Waals surface area contributed by atoms with Crippen molar-refractivity contribution >= 4 is 132 Å². The van der Waals surface area contributed by atoms with Crippen LogP contribution in [0, 0.1) is 0 Å². The van der Waals surface area contributed by atoms with E-state index in [1.165, 1.54) is 71.6 Å². The van der Waals surface area contributed by atoms with Crippen molar-refractivity contribution < 1.29 is 121 Å². The van der Waals surface area contributed by atoms with Crippen LogP contribution in [-0.2, 0) is 79.7 Å². The molecule has 1 aromatic carbocycles. The molecular formula is C74H83N13O25S6. The summed E-state index contributed by atoms with van der Waals surface area (Å²) in [6.45, 7) is 10.7. The quantitative estimate of drug-likeness (QED) is 0.0336. The highest BCUT2D eigenvalue weighted by Crippen LogP contribution is 2.44. The topological polar surface area (TPSA) is 528 Å². The van der Waals surface area contributed by atoms with Gasteiger partial charge in [-0.15, -0.1) is 45.3 Å². The number of aliphatic hydroxyl groups excluding tert-OH is 4. The Kier molecular flexibility index (Phi) is 27.3. The number of fused-ring (bicyclic) bond motifs is 13. The Morgan fingerprint density at radius 3 is 2.14 bits per heavy atom. The second kappa shape index (κ2) is 37.2. The summed E-state index contributed by atoms with van der Waals surface area (Å²) in [4.78, 5) is 146. The summed E-state index contributed by atoms with van der Waals surface area (Å²) >= 11 is 4.99. The molecule has 0 spiro atoms. The number of H-pyrrole nitrogens is 1. The van der Waals surface area contributed by atoms with Gasteiger partial charge in [0.05, 0.1) is 74.2 Å². The van der Waals surface area contributed by atoms with Crippen LogP contribution >= 0.6 is 68.4 Å². The molecule has 6 amide bonds. The molecule has 3 fully saturated rings. The summed E-state index contributed by atoms with van der Waals surface area (Å²) in [7, 11) is 6.85. The summed E-state index contributed by atoms with van der Waals surface area (Å²) in [6, 6.07) is 1.52. The summed E-state index contributed by atoms with van der Waals surface area (Å²) in [5.74, 6) is -7.64. The first kappa shape index (κ1) is 86.6. The number of aromatic amines is 1. The fourth-order valence-corrected chi connectivity index (χ4v) is 19.0. The number of rotatable bonds is 17. The predicted molar refractivity (Wildman–Crippen MR) is 424 cm³/mol. The van der Waals surface area contributed by atoms with Crippen molar-refractivity contribution in [1.82, 2.24) is 61.5 Å². The predicted octanol–water partition coefficient (Wildman–Crippen LogP) is 4.63. The van der Waals surface area contributed by atoms with Crippen LogP contribution in [0.15, 0.2) is 63.8 Å². The number of esters is 1. The lowest BCUT2D eigenvalue weighted by molar-refractivity contribution is -0.342. The highest BCUT2D eigenvalue weighted by atomic mass is 32.2. The van der Waals surface area contributed by atoms with Crippen molar-refractivity contribution in [2.75, 3.05) is 41.3 Å². The lowest BCUT2D eigenvalue weighted by atomic mass is 9.98. The van der Waals surface area contributed by atoms with Crippen LogP contribution in [0.1, 0.15) is 145 Å². The summed E-state index contributed by atoms with van der Waals surface area (Å²) in [6.07, 6.45) is -16.9. The Labute approximate surface area is 695 Å². The molecule has 3 saturated heterocycles. The molecule has 12 bridgehead atoms. The van der Waals surface area contributed by atoms with E-state index >= 15 is 14.4 Å². The van der Waals surface area contributed by atoms with E-state index in [2.05, 4.69) is 53.1 Å². The van der Waals surface area contributed by atoms with Gasteiger partial charge in [-0.3, -0.25) is 38.4 Å². The Balaban J connectivity index is 0.930. The number of cyclic esters (lactones) is 1. The number of carbonyl (C=O) groups excluding carboxylic acids is 8. The fourth-order valence-electron chi connectivity index (χ4n) is 13.7. The van der Waals surface area contributed by atoms with Crippen molar-refractivity contribution in [2.24, 2.45) is 5.73 Å². The number of hydrogen-bond donors (Lipinski definition) is 12. The number of amides is 6. The SMILES string of the molecule is C=C(NC(=O)c1csc(-c2nc3c(cc2O)-c2nc(cs2)C(=O)NC(C(C)O)C(=O)NC(=C(C)OC)c2nc(cs2)C(=O)NC2c4nc(c(OC5OC(C)C(OC6CCC(OC7OC(C)C(O)C(OC)C7O)C(C)O6)C(OC)C5OC)s4)C(=O)NC(CSC(=O)c4[nH]c5cccc(c5c4COC)COC(=O)CC2O)c2nc-3cs2)n1)C(N)=O. The van der Waals surface area contributed by atoms with Gasteiger partial charge in [0.25, 0.3) is 29.5 Å².